The highest BCUT2D eigenvalue weighted by Crippen LogP contribution is 2.25. The van der Waals surface area contributed by atoms with Gasteiger partial charge in [0.1, 0.15) is 5.82 Å². The number of aromatic nitrogens is 3. The standard InChI is InChI=1S/C16H20N4OS/c1-10-6-11(2)18-16(17-10)13-4-5-20(8-13)15(21)7-14-9-22-12(3)19-14/h6,9,13H,4-5,7-8H2,1-3H3. The molecule has 2 aromatic heterocycles. The van der Waals surface area contributed by atoms with Crippen molar-refractivity contribution < 1.29 is 4.79 Å². The van der Waals surface area contributed by atoms with Crippen molar-refractivity contribution in [2.75, 3.05) is 13.1 Å². The summed E-state index contributed by atoms with van der Waals surface area (Å²) in [7, 11) is 0. The number of aryl methyl sites for hydroxylation is 3. The molecule has 0 radical (unpaired) electrons. The summed E-state index contributed by atoms with van der Waals surface area (Å²) < 4.78 is 0. The van der Waals surface area contributed by atoms with Gasteiger partial charge in [0.15, 0.2) is 0 Å². The summed E-state index contributed by atoms with van der Waals surface area (Å²) in [6.45, 7) is 7.43. The first-order chi connectivity index (χ1) is 10.5. The Labute approximate surface area is 134 Å². The van der Waals surface area contributed by atoms with Crippen LogP contribution in [0.2, 0.25) is 0 Å². The van der Waals surface area contributed by atoms with E-state index in [9.17, 15) is 4.79 Å². The Morgan fingerprint density at radius 2 is 2.00 bits per heavy atom. The van der Waals surface area contributed by atoms with E-state index in [-0.39, 0.29) is 11.8 Å². The number of rotatable bonds is 3. The SMILES string of the molecule is Cc1cc(C)nc(C2CCN(C(=O)Cc3csc(C)n3)C2)n1. The molecule has 116 valence electrons. The van der Waals surface area contributed by atoms with E-state index < -0.39 is 0 Å². The molecule has 0 aromatic carbocycles. The first kappa shape index (κ1) is 15.1. The van der Waals surface area contributed by atoms with Crippen LogP contribution in [0.1, 0.15) is 40.3 Å². The molecule has 1 aliphatic rings. The van der Waals surface area contributed by atoms with Crippen LogP contribution in [0.25, 0.3) is 0 Å². The summed E-state index contributed by atoms with van der Waals surface area (Å²) >= 11 is 1.59. The molecule has 1 amide bonds. The summed E-state index contributed by atoms with van der Waals surface area (Å²) in [4.78, 5) is 27.7. The second-order valence-electron chi connectivity index (χ2n) is 5.87. The number of carbonyl (C=O) groups excluding carboxylic acids is 1. The number of amides is 1. The van der Waals surface area contributed by atoms with Crippen LogP contribution in [0.4, 0.5) is 0 Å². The maximum absolute atomic E-state index is 12.4. The highest BCUT2D eigenvalue weighted by atomic mass is 32.1. The lowest BCUT2D eigenvalue weighted by Gasteiger charge is -2.16. The fourth-order valence-electron chi connectivity index (χ4n) is 2.89. The van der Waals surface area contributed by atoms with Gasteiger partial charge in [-0.3, -0.25) is 4.79 Å². The van der Waals surface area contributed by atoms with Crippen molar-refractivity contribution in [1.82, 2.24) is 19.9 Å². The third-order valence-electron chi connectivity index (χ3n) is 3.90. The fourth-order valence-corrected chi connectivity index (χ4v) is 3.50. The van der Waals surface area contributed by atoms with Crippen LogP contribution in [-0.4, -0.2) is 38.8 Å². The van der Waals surface area contributed by atoms with Crippen LogP contribution >= 0.6 is 11.3 Å². The van der Waals surface area contributed by atoms with E-state index in [1.54, 1.807) is 11.3 Å². The van der Waals surface area contributed by atoms with Gasteiger partial charge >= 0.3 is 0 Å². The van der Waals surface area contributed by atoms with Gasteiger partial charge in [0.25, 0.3) is 0 Å². The summed E-state index contributed by atoms with van der Waals surface area (Å²) in [6, 6.07) is 1.98. The van der Waals surface area contributed by atoms with Crippen molar-refractivity contribution in [2.45, 2.75) is 39.5 Å². The lowest BCUT2D eigenvalue weighted by Crippen LogP contribution is -2.30. The maximum Gasteiger partial charge on any atom is 0.228 e. The second-order valence-corrected chi connectivity index (χ2v) is 6.93. The van der Waals surface area contributed by atoms with Gasteiger partial charge in [-0.1, -0.05) is 0 Å². The number of hydrogen-bond donors (Lipinski definition) is 0. The molecular formula is C16H20N4OS. The van der Waals surface area contributed by atoms with Gasteiger partial charge in [0.2, 0.25) is 5.91 Å². The molecule has 1 aliphatic heterocycles. The van der Waals surface area contributed by atoms with Crippen molar-refractivity contribution >= 4 is 17.2 Å². The highest BCUT2D eigenvalue weighted by Gasteiger charge is 2.29. The van der Waals surface area contributed by atoms with E-state index in [0.29, 0.717) is 13.0 Å². The minimum absolute atomic E-state index is 0.150. The van der Waals surface area contributed by atoms with Gasteiger partial charge in [-0.15, -0.1) is 11.3 Å². The lowest BCUT2D eigenvalue weighted by atomic mass is 10.1. The lowest BCUT2D eigenvalue weighted by molar-refractivity contribution is -0.129. The predicted molar refractivity (Wildman–Crippen MR) is 86.0 cm³/mol. The minimum Gasteiger partial charge on any atom is -0.342 e. The normalized spacial score (nSPS) is 18.0. The van der Waals surface area contributed by atoms with Crippen LogP contribution in [0.5, 0.6) is 0 Å². The molecule has 0 saturated carbocycles. The zero-order chi connectivity index (χ0) is 15.7. The topological polar surface area (TPSA) is 59.0 Å². The van der Waals surface area contributed by atoms with Gasteiger partial charge in [-0.2, -0.15) is 0 Å². The Morgan fingerprint density at radius 1 is 1.27 bits per heavy atom. The maximum atomic E-state index is 12.4. The fraction of sp³-hybridized carbons (Fsp3) is 0.500. The van der Waals surface area contributed by atoms with Crippen LogP contribution in [0.3, 0.4) is 0 Å². The summed E-state index contributed by atoms with van der Waals surface area (Å²) in [5.74, 6) is 1.27. The Kier molecular flexibility index (Phi) is 4.20. The quantitative estimate of drug-likeness (QED) is 0.872. The Bertz CT molecular complexity index is 677. The third kappa shape index (κ3) is 3.32. The van der Waals surface area contributed by atoms with E-state index in [1.807, 2.05) is 37.1 Å². The minimum atomic E-state index is 0.150. The van der Waals surface area contributed by atoms with Gasteiger partial charge in [-0.05, 0) is 33.3 Å². The molecule has 0 spiro atoms. The molecule has 1 atom stereocenters. The molecule has 1 fully saturated rings. The summed E-state index contributed by atoms with van der Waals surface area (Å²) in [5, 5.41) is 2.97. The van der Waals surface area contributed by atoms with Gasteiger partial charge in [-0.25, -0.2) is 15.0 Å². The number of hydrogen-bond acceptors (Lipinski definition) is 5. The molecule has 22 heavy (non-hydrogen) atoms. The molecule has 1 saturated heterocycles. The van der Waals surface area contributed by atoms with Crippen molar-refractivity contribution in [1.29, 1.82) is 0 Å². The largest absolute Gasteiger partial charge is 0.342 e. The monoisotopic (exact) mass is 316 g/mol. The number of thiazole rings is 1. The van der Waals surface area contributed by atoms with E-state index in [0.717, 1.165) is 40.9 Å². The molecular weight excluding hydrogens is 296 g/mol. The average molecular weight is 316 g/mol. The van der Waals surface area contributed by atoms with Crippen molar-refractivity contribution in [3.8, 4) is 0 Å². The zero-order valence-corrected chi connectivity index (χ0v) is 14.0. The average Bonchev–Trinajstić information content (AvgIpc) is 3.07. The summed E-state index contributed by atoms with van der Waals surface area (Å²) in [5.41, 5.74) is 2.86. The van der Waals surface area contributed by atoms with Gasteiger partial charge in [0, 0.05) is 35.8 Å². The number of likely N-dealkylation sites (tertiary alicyclic amines) is 1. The van der Waals surface area contributed by atoms with E-state index >= 15 is 0 Å². The van der Waals surface area contributed by atoms with Crippen LogP contribution < -0.4 is 0 Å². The molecule has 6 heteroatoms. The zero-order valence-electron chi connectivity index (χ0n) is 13.2. The van der Waals surface area contributed by atoms with E-state index in [1.165, 1.54) is 0 Å². The number of nitrogens with zero attached hydrogens (tertiary/aromatic N) is 4. The Morgan fingerprint density at radius 3 is 2.64 bits per heavy atom. The molecule has 1 unspecified atom stereocenters. The smallest absolute Gasteiger partial charge is 0.228 e. The first-order valence-corrected chi connectivity index (χ1v) is 8.40. The van der Waals surface area contributed by atoms with Gasteiger partial charge in [0.05, 0.1) is 17.1 Å². The molecule has 5 nitrogen and oxygen atoms in total. The molecule has 3 heterocycles. The van der Waals surface area contributed by atoms with Crippen molar-refractivity contribution in [3.05, 3.63) is 39.4 Å². The first-order valence-electron chi connectivity index (χ1n) is 7.52. The molecule has 0 bridgehead atoms. The van der Waals surface area contributed by atoms with E-state index in [4.69, 9.17) is 0 Å². The highest BCUT2D eigenvalue weighted by molar-refractivity contribution is 7.09. The molecule has 3 rings (SSSR count). The number of carbonyl (C=O) groups is 1. The molecule has 2 aromatic rings. The van der Waals surface area contributed by atoms with Crippen LogP contribution in [0.15, 0.2) is 11.4 Å². The predicted octanol–water partition coefficient (Wildman–Crippen LogP) is 2.42. The summed E-state index contributed by atoms with van der Waals surface area (Å²) in [6.07, 6.45) is 1.33. The Balaban J connectivity index is 1.65. The molecule has 0 aliphatic carbocycles. The Hall–Kier alpha value is -1.82. The van der Waals surface area contributed by atoms with Crippen LogP contribution in [-0.2, 0) is 11.2 Å². The molecule has 0 N–H and O–H groups in total. The van der Waals surface area contributed by atoms with E-state index in [2.05, 4.69) is 15.0 Å². The van der Waals surface area contributed by atoms with Crippen molar-refractivity contribution in [3.63, 3.8) is 0 Å². The van der Waals surface area contributed by atoms with Crippen molar-refractivity contribution in [2.24, 2.45) is 0 Å². The van der Waals surface area contributed by atoms with Crippen LogP contribution in [0, 0.1) is 20.8 Å². The van der Waals surface area contributed by atoms with Gasteiger partial charge < -0.3 is 4.90 Å². The second kappa shape index (κ2) is 6.12. The third-order valence-corrected chi connectivity index (χ3v) is 4.73.